The van der Waals surface area contributed by atoms with E-state index in [0.29, 0.717) is 10.6 Å². The highest BCUT2D eigenvalue weighted by Gasteiger charge is 2.13. The molecule has 0 bridgehead atoms. The van der Waals surface area contributed by atoms with Gasteiger partial charge >= 0.3 is 0 Å². The molecule has 0 saturated heterocycles. The molecule has 12 heavy (non-hydrogen) atoms. The van der Waals surface area contributed by atoms with Crippen LogP contribution in [0.3, 0.4) is 0 Å². The zero-order valence-electron chi connectivity index (χ0n) is 6.46. The molecular formula is C7H9N3S2. The first-order valence-corrected chi connectivity index (χ1v) is 5.29. The lowest BCUT2D eigenvalue weighted by Crippen LogP contribution is -2.10. The summed E-state index contributed by atoms with van der Waals surface area (Å²) in [6, 6.07) is 0. The van der Waals surface area contributed by atoms with E-state index in [-0.39, 0.29) is 0 Å². The van der Waals surface area contributed by atoms with Crippen LogP contribution in [-0.2, 0) is 12.2 Å². The quantitative estimate of drug-likeness (QED) is 0.622. The molecular weight excluding hydrogens is 190 g/mol. The third-order valence-corrected chi connectivity index (χ3v) is 3.08. The van der Waals surface area contributed by atoms with Gasteiger partial charge in [-0.3, -0.25) is 0 Å². The Balaban J connectivity index is 2.60. The largest absolute Gasteiger partial charge is 0.383 e. The fraction of sp³-hybridized carbons (Fsp3) is 0.429. The number of nitrogens with two attached hydrogens (primary N) is 1. The van der Waals surface area contributed by atoms with Crippen LogP contribution in [-0.4, -0.2) is 15.7 Å². The van der Waals surface area contributed by atoms with Crippen LogP contribution >= 0.6 is 24.0 Å². The first kappa shape index (κ1) is 8.07. The topological polar surface area (TPSA) is 54.7 Å². The summed E-state index contributed by atoms with van der Waals surface area (Å²) >= 11 is 6.82. The number of aromatic nitrogens is 2. The van der Waals surface area contributed by atoms with E-state index >= 15 is 0 Å². The van der Waals surface area contributed by atoms with E-state index in [2.05, 4.69) is 9.97 Å². The molecule has 0 radical (unpaired) electrons. The maximum absolute atomic E-state index is 5.73. The highest BCUT2D eigenvalue weighted by Crippen LogP contribution is 2.25. The van der Waals surface area contributed by atoms with Gasteiger partial charge in [-0.2, -0.15) is 11.8 Å². The third-order valence-electron chi connectivity index (χ3n) is 1.90. The van der Waals surface area contributed by atoms with Crippen molar-refractivity contribution in [1.29, 1.82) is 0 Å². The molecule has 0 saturated carbocycles. The fourth-order valence-corrected chi connectivity index (χ4v) is 2.53. The van der Waals surface area contributed by atoms with Gasteiger partial charge < -0.3 is 10.7 Å². The Kier molecular flexibility index (Phi) is 2.06. The highest BCUT2D eigenvalue weighted by molar-refractivity contribution is 7.98. The molecule has 0 atom stereocenters. The average molecular weight is 199 g/mol. The summed E-state index contributed by atoms with van der Waals surface area (Å²) in [6.45, 7) is 0. The Hall–Kier alpha value is -0.550. The number of rotatable bonds is 0. The van der Waals surface area contributed by atoms with E-state index in [1.807, 2.05) is 11.8 Å². The molecule has 1 aromatic rings. The number of aromatic amines is 1. The van der Waals surface area contributed by atoms with Gasteiger partial charge in [-0.05, 0) is 24.4 Å². The number of H-pyrrole nitrogens is 1. The lowest BCUT2D eigenvalue weighted by Gasteiger charge is -2.15. The fourth-order valence-electron chi connectivity index (χ4n) is 1.29. The van der Waals surface area contributed by atoms with Crippen LogP contribution in [0.1, 0.15) is 11.3 Å². The number of nitrogens with one attached hydrogen (secondary N) is 1. The van der Waals surface area contributed by atoms with Crippen molar-refractivity contribution in [3.63, 3.8) is 0 Å². The zero-order valence-corrected chi connectivity index (χ0v) is 8.10. The van der Waals surface area contributed by atoms with Crippen molar-refractivity contribution in [2.24, 2.45) is 0 Å². The molecule has 3 N–H and O–H groups in total. The Bertz CT molecular complexity index is 358. The first-order chi connectivity index (χ1) is 5.77. The molecule has 0 amide bonds. The molecule has 1 aliphatic heterocycles. The predicted molar refractivity (Wildman–Crippen MR) is 53.7 cm³/mol. The highest BCUT2D eigenvalue weighted by atomic mass is 32.2. The van der Waals surface area contributed by atoms with Gasteiger partial charge in [0.1, 0.15) is 5.82 Å². The lowest BCUT2D eigenvalue weighted by molar-refractivity contribution is 0.948. The summed E-state index contributed by atoms with van der Waals surface area (Å²) < 4.78 is 0.498. The zero-order chi connectivity index (χ0) is 8.55. The van der Waals surface area contributed by atoms with E-state index < -0.39 is 0 Å². The molecule has 3 nitrogen and oxygen atoms in total. The summed E-state index contributed by atoms with van der Waals surface area (Å²) in [7, 11) is 0. The number of hydrogen-bond donors (Lipinski definition) is 2. The van der Waals surface area contributed by atoms with Gasteiger partial charge in [-0.15, -0.1) is 0 Å². The van der Waals surface area contributed by atoms with Crippen LogP contribution < -0.4 is 5.73 Å². The molecule has 5 heteroatoms. The van der Waals surface area contributed by atoms with E-state index in [1.54, 1.807) is 0 Å². The van der Waals surface area contributed by atoms with Crippen molar-refractivity contribution in [2.75, 3.05) is 11.5 Å². The number of anilines is 1. The summed E-state index contributed by atoms with van der Waals surface area (Å²) in [4.78, 5) is 7.09. The minimum absolute atomic E-state index is 0.498. The van der Waals surface area contributed by atoms with Gasteiger partial charge in [0.2, 0.25) is 0 Å². The van der Waals surface area contributed by atoms with Crippen molar-refractivity contribution < 1.29 is 0 Å². The van der Waals surface area contributed by atoms with Crippen LogP contribution in [0.2, 0.25) is 0 Å². The van der Waals surface area contributed by atoms with Crippen molar-refractivity contribution in [1.82, 2.24) is 9.97 Å². The number of nitrogen functional groups attached to an aromatic ring is 1. The molecule has 64 valence electrons. The molecule has 0 unspecified atom stereocenters. The number of hydrogen-bond acceptors (Lipinski definition) is 4. The number of fused-ring (bicyclic) bond motifs is 1. The lowest BCUT2D eigenvalue weighted by atomic mass is 10.2. The van der Waals surface area contributed by atoms with Crippen molar-refractivity contribution in [2.45, 2.75) is 12.2 Å². The van der Waals surface area contributed by atoms with Gasteiger partial charge in [0.25, 0.3) is 0 Å². The smallest absolute Gasteiger partial charge is 0.198 e. The normalized spacial score (nSPS) is 15.7. The van der Waals surface area contributed by atoms with Crippen molar-refractivity contribution in [3.8, 4) is 0 Å². The van der Waals surface area contributed by atoms with Gasteiger partial charge in [-0.25, -0.2) is 4.98 Å². The van der Waals surface area contributed by atoms with E-state index in [1.165, 1.54) is 5.69 Å². The van der Waals surface area contributed by atoms with Crippen LogP contribution in [0.15, 0.2) is 0 Å². The Morgan fingerprint density at radius 3 is 3.25 bits per heavy atom. The van der Waals surface area contributed by atoms with Crippen LogP contribution in [0.25, 0.3) is 0 Å². The second-order valence-corrected chi connectivity index (χ2v) is 4.18. The Labute approximate surface area is 79.8 Å². The van der Waals surface area contributed by atoms with Crippen LogP contribution in [0, 0.1) is 4.77 Å². The van der Waals surface area contributed by atoms with E-state index in [9.17, 15) is 0 Å². The Morgan fingerprint density at radius 1 is 1.58 bits per heavy atom. The van der Waals surface area contributed by atoms with Gasteiger partial charge in [0.05, 0.1) is 0 Å². The van der Waals surface area contributed by atoms with Crippen molar-refractivity contribution >= 4 is 29.8 Å². The number of nitrogens with zero attached hydrogens (tertiary/aromatic N) is 1. The van der Waals surface area contributed by atoms with Gasteiger partial charge in [-0.1, -0.05) is 0 Å². The molecule has 2 rings (SSSR count). The SMILES string of the molecule is Nc1nc(=S)[nH]c2c1CSCC2. The Morgan fingerprint density at radius 2 is 2.42 bits per heavy atom. The summed E-state index contributed by atoms with van der Waals surface area (Å²) in [5.41, 5.74) is 8.04. The summed E-state index contributed by atoms with van der Waals surface area (Å²) in [5, 5.41) is 0. The van der Waals surface area contributed by atoms with Crippen LogP contribution in [0.4, 0.5) is 5.82 Å². The number of aryl methyl sites for hydroxylation is 1. The molecule has 0 aliphatic carbocycles. The monoisotopic (exact) mass is 199 g/mol. The molecule has 1 aliphatic rings. The summed E-state index contributed by atoms with van der Waals surface area (Å²) in [5.74, 6) is 2.70. The minimum Gasteiger partial charge on any atom is -0.383 e. The van der Waals surface area contributed by atoms with Gasteiger partial charge in [0.15, 0.2) is 4.77 Å². The van der Waals surface area contributed by atoms with E-state index in [0.717, 1.165) is 23.5 Å². The van der Waals surface area contributed by atoms with Gasteiger partial charge in [0, 0.05) is 17.0 Å². The summed E-state index contributed by atoms with van der Waals surface area (Å²) in [6.07, 6.45) is 1.02. The second-order valence-electron chi connectivity index (χ2n) is 2.69. The molecule has 0 spiro atoms. The van der Waals surface area contributed by atoms with Crippen LogP contribution in [0.5, 0.6) is 0 Å². The third kappa shape index (κ3) is 1.34. The van der Waals surface area contributed by atoms with Crippen molar-refractivity contribution in [3.05, 3.63) is 16.0 Å². The standard InChI is InChI=1S/C7H9N3S2/c8-6-4-3-12-2-1-5(4)9-7(11)10-6/h1-3H2,(H3,8,9,10,11). The molecule has 0 fully saturated rings. The number of thioether (sulfide) groups is 1. The first-order valence-electron chi connectivity index (χ1n) is 3.72. The molecule has 1 aromatic heterocycles. The average Bonchev–Trinajstić information content (AvgIpc) is 2.04. The maximum atomic E-state index is 5.73. The predicted octanol–water partition coefficient (Wildman–Crippen LogP) is 1.51. The molecule has 0 aromatic carbocycles. The maximum Gasteiger partial charge on any atom is 0.198 e. The second kappa shape index (κ2) is 3.06. The molecule has 2 heterocycles. The van der Waals surface area contributed by atoms with E-state index in [4.69, 9.17) is 18.0 Å². The minimum atomic E-state index is 0.498.